The maximum Gasteiger partial charge on any atom is 0.410 e. The van der Waals surface area contributed by atoms with Crippen LogP contribution in [0.2, 0.25) is 5.02 Å². The van der Waals surface area contributed by atoms with Crippen LogP contribution in [0.1, 0.15) is 100.0 Å². The summed E-state index contributed by atoms with van der Waals surface area (Å²) in [7, 11) is 3.48. The predicted molar refractivity (Wildman–Crippen MR) is 225 cm³/mol. The van der Waals surface area contributed by atoms with Crippen molar-refractivity contribution in [3.63, 3.8) is 0 Å². The van der Waals surface area contributed by atoms with Crippen LogP contribution in [-0.4, -0.2) is 144 Å². The molecular weight excluding hydrogens is 794 g/mol. The molecule has 14 atom stereocenters. The molecule has 5 rings (SSSR count). The number of methoxy groups -OCH3 is 1. The second kappa shape index (κ2) is 20.0. The van der Waals surface area contributed by atoms with Crippen molar-refractivity contribution < 1.29 is 52.7 Å². The molecule has 4 aliphatic heterocycles. The number of esters is 1. The SMILES string of the molecule is CC[C@H]1OC(=O)[C@H](C)[C@@H](OC(=O)N2CCCC2)[C@H](C)[C@@H](O[C@@H]2O[C@H](C)C[C@H](N(C)CC)[C@H]2O)[C@@](C)(OC)C[C@@H](C)C(=O)[C@@H](C)[C@H]2N(CCc3ccc(Cl)cc3)C(=O)O[C@]12C. The summed E-state index contributed by atoms with van der Waals surface area (Å²) in [4.78, 5) is 62.6. The van der Waals surface area contributed by atoms with Crippen LogP contribution in [0.5, 0.6) is 0 Å². The lowest BCUT2D eigenvalue weighted by Crippen LogP contribution is -2.61. The number of carbonyl (C=O) groups is 4. The summed E-state index contributed by atoms with van der Waals surface area (Å²) in [5.74, 6) is -4.04. The number of likely N-dealkylation sites (tertiary alicyclic amines) is 1. The number of halogens is 1. The lowest BCUT2D eigenvalue weighted by atomic mass is 9.73. The molecule has 4 fully saturated rings. The van der Waals surface area contributed by atoms with E-state index in [4.69, 9.17) is 40.0 Å². The maximum absolute atomic E-state index is 14.9. The van der Waals surface area contributed by atoms with Gasteiger partial charge in [0.1, 0.15) is 24.1 Å². The Morgan fingerprint density at radius 3 is 2.27 bits per heavy atom. The quantitative estimate of drug-likeness (QED) is 0.202. The summed E-state index contributed by atoms with van der Waals surface area (Å²) >= 11 is 6.15. The first kappa shape index (κ1) is 48.0. The molecule has 0 aliphatic carbocycles. The number of cyclic esters (lactones) is 1. The number of carbonyl (C=O) groups excluding carboxylic acids is 4. The van der Waals surface area contributed by atoms with Crippen molar-refractivity contribution in [2.75, 3.05) is 40.3 Å². The van der Waals surface area contributed by atoms with Crippen LogP contribution in [0, 0.1) is 23.7 Å². The first-order valence-corrected chi connectivity index (χ1v) is 22.4. The smallest absolute Gasteiger partial charge is 0.410 e. The van der Waals surface area contributed by atoms with E-state index in [0.717, 1.165) is 18.4 Å². The van der Waals surface area contributed by atoms with Crippen LogP contribution in [0.4, 0.5) is 9.59 Å². The monoisotopic (exact) mass is 863 g/mol. The van der Waals surface area contributed by atoms with E-state index in [9.17, 15) is 24.3 Å². The molecule has 1 aromatic rings. The molecule has 0 spiro atoms. The van der Waals surface area contributed by atoms with Gasteiger partial charge in [-0.25, -0.2) is 9.59 Å². The third-order valence-electron chi connectivity index (χ3n) is 13.9. The Kier molecular flexibility index (Phi) is 16.0. The van der Waals surface area contributed by atoms with Gasteiger partial charge in [-0.15, -0.1) is 0 Å². The average Bonchev–Trinajstić information content (AvgIpc) is 3.86. The number of aliphatic hydroxyl groups is 1. The van der Waals surface area contributed by atoms with Crippen molar-refractivity contribution in [3.8, 4) is 0 Å². The number of amides is 2. The second-order valence-corrected chi connectivity index (χ2v) is 18.6. The fourth-order valence-corrected chi connectivity index (χ4v) is 10.3. The van der Waals surface area contributed by atoms with E-state index in [0.29, 0.717) is 37.5 Å². The van der Waals surface area contributed by atoms with Crippen LogP contribution in [0.15, 0.2) is 24.3 Å². The van der Waals surface area contributed by atoms with Crippen molar-refractivity contribution in [2.24, 2.45) is 23.7 Å². The lowest BCUT2D eigenvalue weighted by molar-refractivity contribution is -0.302. The highest BCUT2D eigenvalue weighted by Gasteiger charge is 2.60. The minimum absolute atomic E-state index is 0.143. The molecule has 4 saturated heterocycles. The van der Waals surface area contributed by atoms with Crippen molar-refractivity contribution >= 4 is 35.5 Å². The third kappa shape index (κ3) is 10.1. The highest BCUT2D eigenvalue weighted by atomic mass is 35.5. The Balaban J connectivity index is 1.60. The number of hydrogen-bond donors (Lipinski definition) is 1. The third-order valence-corrected chi connectivity index (χ3v) is 14.1. The highest BCUT2D eigenvalue weighted by molar-refractivity contribution is 6.30. The van der Waals surface area contributed by atoms with Gasteiger partial charge in [0.05, 0.1) is 29.8 Å². The number of nitrogens with zero attached hydrogens (tertiary/aromatic N) is 3. The van der Waals surface area contributed by atoms with E-state index >= 15 is 0 Å². The molecule has 4 heterocycles. The van der Waals surface area contributed by atoms with Crippen LogP contribution in [-0.2, 0) is 44.4 Å². The van der Waals surface area contributed by atoms with Gasteiger partial charge in [-0.3, -0.25) is 14.5 Å². The number of Topliss-reactive ketones (excluding diaryl/α,β-unsaturated/α-hetero) is 1. The number of likely N-dealkylation sites (N-methyl/N-ethyl adjacent to an activating group) is 1. The molecule has 4 aliphatic rings. The summed E-state index contributed by atoms with van der Waals surface area (Å²) < 4.78 is 38.6. The zero-order valence-corrected chi connectivity index (χ0v) is 38.3. The molecule has 338 valence electrons. The first-order chi connectivity index (χ1) is 28.3. The second-order valence-electron chi connectivity index (χ2n) is 18.1. The number of rotatable bonds is 10. The predicted octanol–water partition coefficient (Wildman–Crippen LogP) is 6.51. The van der Waals surface area contributed by atoms with Crippen molar-refractivity contribution in [1.82, 2.24) is 14.7 Å². The zero-order chi connectivity index (χ0) is 44.3. The molecule has 2 amide bonds. The Morgan fingerprint density at radius 2 is 1.67 bits per heavy atom. The lowest BCUT2D eigenvalue weighted by Gasteiger charge is -2.48. The van der Waals surface area contributed by atoms with Gasteiger partial charge in [0.2, 0.25) is 0 Å². The van der Waals surface area contributed by atoms with Gasteiger partial charge in [0.25, 0.3) is 0 Å². The summed E-state index contributed by atoms with van der Waals surface area (Å²) in [6.45, 7) is 18.5. The number of benzene rings is 1. The van der Waals surface area contributed by atoms with E-state index in [1.165, 1.54) is 7.11 Å². The average molecular weight is 865 g/mol. The molecule has 60 heavy (non-hydrogen) atoms. The molecule has 0 aromatic heterocycles. The van der Waals surface area contributed by atoms with Crippen molar-refractivity contribution in [1.29, 1.82) is 0 Å². The fourth-order valence-electron chi connectivity index (χ4n) is 10.2. The van der Waals surface area contributed by atoms with Gasteiger partial charge in [0.15, 0.2) is 11.9 Å². The van der Waals surface area contributed by atoms with Crippen molar-refractivity contribution in [3.05, 3.63) is 34.9 Å². The van der Waals surface area contributed by atoms with E-state index in [1.54, 1.807) is 42.7 Å². The molecule has 1 aromatic carbocycles. The standard InChI is InChI=1S/C45H70ClN3O11/c1-12-34-45(9)38(49(43(54)60-45)23-20-31-16-18-32(46)19-17-31)28(5)35(50)26(3)25-44(8,55-11)39(59-41-36(51)33(47(10)13-2)24-27(4)56-41)29(6)37(30(7)40(52)57-34)58-42(53)48-21-14-15-22-48/h16-19,26-30,33-34,36-39,41,51H,12-15,20-25H2,1-11H3/t26-,27-,28-,29+,30-,33+,34-,36-,37+,38-,39-,41+,44+,45-/m1/s1. The Hall–Kier alpha value is -3.01. The maximum atomic E-state index is 14.9. The summed E-state index contributed by atoms with van der Waals surface area (Å²) in [6, 6.07) is 6.27. The molecule has 0 radical (unpaired) electrons. The van der Waals surface area contributed by atoms with Gasteiger partial charge in [-0.1, -0.05) is 58.4 Å². The summed E-state index contributed by atoms with van der Waals surface area (Å²) in [5, 5.41) is 12.4. The largest absolute Gasteiger partial charge is 0.458 e. The molecule has 1 N–H and O–H groups in total. The number of ketones is 1. The van der Waals surface area contributed by atoms with E-state index in [1.807, 2.05) is 60.7 Å². The first-order valence-electron chi connectivity index (χ1n) is 22.0. The van der Waals surface area contributed by atoms with E-state index in [2.05, 4.69) is 4.90 Å². The molecule has 15 heteroatoms. The summed E-state index contributed by atoms with van der Waals surface area (Å²) in [6.07, 6.45) is -3.54. The molecule has 0 bridgehead atoms. The topological polar surface area (TPSA) is 154 Å². The Morgan fingerprint density at radius 1 is 1.02 bits per heavy atom. The normalized spacial score (nSPS) is 38.3. The van der Waals surface area contributed by atoms with Crippen LogP contribution in [0.3, 0.4) is 0 Å². The number of aliphatic hydroxyl groups excluding tert-OH is 1. The molecule has 14 nitrogen and oxygen atoms in total. The van der Waals surface area contributed by atoms with Gasteiger partial charge >= 0.3 is 18.2 Å². The van der Waals surface area contributed by atoms with E-state index < -0.39 is 89.8 Å². The van der Waals surface area contributed by atoms with Gasteiger partial charge in [-0.05, 0) is 97.5 Å². The molecule has 0 saturated carbocycles. The fraction of sp³-hybridized carbons (Fsp3) is 0.778. The van der Waals surface area contributed by atoms with E-state index in [-0.39, 0.29) is 37.3 Å². The van der Waals surface area contributed by atoms with Gasteiger partial charge in [-0.2, -0.15) is 0 Å². The zero-order valence-electron chi connectivity index (χ0n) is 37.6. The number of fused-ring (bicyclic) bond motifs is 1. The molecule has 0 unspecified atom stereocenters. The van der Waals surface area contributed by atoms with Crippen molar-refractivity contribution in [2.45, 2.75) is 161 Å². The molecular formula is C45H70ClN3O11. The number of ether oxygens (including phenoxy) is 6. The van der Waals surface area contributed by atoms with Crippen LogP contribution in [0.25, 0.3) is 0 Å². The highest BCUT2D eigenvalue weighted by Crippen LogP contribution is 2.44. The van der Waals surface area contributed by atoms with Crippen LogP contribution >= 0.6 is 11.6 Å². The summed E-state index contributed by atoms with van der Waals surface area (Å²) in [5.41, 5.74) is -1.74. The van der Waals surface area contributed by atoms with Gasteiger partial charge < -0.3 is 43.3 Å². The minimum atomic E-state index is -1.42. The van der Waals surface area contributed by atoms with Gasteiger partial charge in [0, 0.05) is 55.6 Å². The number of hydrogen-bond acceptors (Lipinski definition) is 12. The minimum Gasteiger partial charge on any atom is -0.458 e. The van der Waals surface area contributed by atoms with Crippen LogP contribution < -0.4 is 0 Å². The Bertz CT molecular complexity index is 1650. The Labute approximate surface area is 361 Å².